The molecular formula is C19H29NO. The standard InChI is InChI=1S/C19H29NO/c1-4-11-20-17-13-19(10-9-14(2)15(3)12-19)21-18-8-6-5-7-16(17)18/h5-8,14-15,17,20H,4,9-13H2,1-3H3. The van der Waals surface area contributed by atoms with Crippen LogP contribution in [-0.2, 0) is 0 Å². The molecule has 116 valence electrons. The largest absolute Gasteiger partial charge is 0.487 e. The van der Waals surface area contributed by atoms with Gasteiger partial charge in [0.2, 0.25) is 0 Å². The third kappa shape index (κ3) is 2.96. The van der Waals surface area contributed by atoms with E-state index < -0.39 is 0 Å². The van der Waals surface area contributed by atoms with Gasteiger partial charge in [-0.15, -0.1) is 0 Å². The number of para-hydroxylation sites is 1. The summed E-state index contributed by atoms with van der Waals surface area (Å²) in [6, 6.07) is 9.07. The first kappa shape index (κ1) is 14.9. The molecule has 0 aromatic heterocycles. The molecule has 1 saturated carbocycles. The molecule has 2 aliphatic rings. The molecule has 0 saturated heterocycles. The smallest absolute Gasteiger partial charge is 0.124 e. The summed E-state index contributed by atoms with van der Waals surface area (Å²) in [4.78, 5) is 0. The lowest BCUT2D eigenvalue weighted by atomic mass is 9.69. The molecule has 2 nitrogen and oxygen atoms in total. The number of rotatable bonds is 3. The van der Waals surface area contributed by atoms with Crippen LogP contribution in [0.1, 0.15) is 64.5 Å². The molecule has 2 heteroatoms. The molecule has 0 radical (unpaired) electrons. The molecular weight excluding hydrogens is 258 g/mol. The highest BCUT2D eigenvalue weighted by Crippen LogP contribution is 2.48. The molecule has 1 heterocycles. The molecule has 1 aliphatic carbocycles. The van der Waals surface area contributed by atoms with Crippen molar-refractivity contribution in [3.8, 4) is 5.75 Å². The number of hydrogen-bond acceptors (Lipinski definition) is 2. The van der Waals surface area contributed by atoms with Gasteiger partial charge < -0.3 is 10.1 Å². The molecule has 4 atom stereocenters. The third-order valence-electron chi connectivity index (χ3n) is 5.56. The van der Waals surface area contributed by atoms with Gasteiger partial charge in [0.05, 0.1) is 0 Å². The molecule has 0 bridgehead atoms. The maximum atomic E-state index is 6.55. The lowest BCUT2D eigenvalue weighted by Gasteiger charge is -2.48. The van der Waals surface area contributed by atoms with E-state index in [1.165, 1.54) is 31.2 Å². The number of fused-ring (bicyclic) bond motifs is 1. The summed E-state index contributed by atoms with van der Waals surface area (Å²) >= 11 is 0. The summed E-state index contributed by atoms with van der Waals surface area (Å²) in [6.07, 6.45) is 6.01. The van der Waals surface area contributed by atoms with Crippen LogP contribution in [0.15, 0.2) is 24.3 Å². The fourth-order valence-corrected chi connectivity index (χ4v) is 4.06. The second kappa shape index (κ2) is 6.00. The molecule has 1 fully saturated rings. The zero-order valence-corrected chi connectivity index (χ0v) is 13.7. The summed E-state index contributed by atoms with van der Waals surface area (Å²) in [5, 5.41) is 3.75. The van der Waals surface area contributed by atoms with Crippen molar-refractivity contribution >= 4 is 0 Å². The Morgan fingerprint density at radius 2 is 2.00 bits per heavy atom. The number of ether oxygens (including phenoxy) is 1. The van der Waals surface area contributed by atoms with Gasteiger partial charge in [0.15, 0.2) is 0 Å². The Kier molecular flexibility index (Phi) is 4.26. The van der Waals surface area contributed by atoms with Crippen molar-refractivity contribution in [1.82, 2.24) is 5.32 Å². The van der Waals surface area contributed by atoms with Gasteiger partial charge in [-0.05, 0) is 50.1 Å². The molecule has 1 spiro atoms. The van der Waals surface area contributed by atoms with Crippen LogP contribution in [0.2, 0.25) is 0 Å². The van der Waals surface area contributed by atoms with Crippen molar-refractivity contribution < 1.29 is 4.74 Å². The average Bonchev–Trinajstić information content (AvgIpc) is 2.49. The van der Waals surface area contributed by atoms with Crippen LogP contribution in [0.4, 0.5) is 0 Å². The number of hydrogen-bond donors (Lipinski definition) is 1. The molecule has 1 aliphatic heterocycles. The predicted octanol–water partition coefficient (Wildman–Crippen LogP) is 4.70. The highest BCUT2D eigenvalue weighted by molar-refractivity contribution is 5.39. The van der Waals surface area contributed by atoms with E-state index in [0.29, 0.717) is 6.04 Å². The first-order chi connectivity index (χ1) is 10.1. The maximum absolute atomic E-state index is 6.55. The monoisotopic (exact) mass is 287 g/mol. The first-order valence-corrected chi connectivity index (χ1v) is 8.65. The van der Waals surface area contributed by atoms with Crippen LogP contribution in [0, 0.1) is 11.8 Å². The van der Waals surface area contributed by atoms with Crippen LogP contribution in [0.3, 0.4) is 0 Å². The minimum Gasteiger partial charge on any atom is -0.487 e. The van der Waals surface area contributed by atoms with E-state index in [0.717, 1.165) is 30.6 Å². The summed E-state index contributed by atoms with van der Waals surface area (Å²) < 4.78 is 6.55. The van der Waals surface area contributed by atoms with E-state index in [-0.39, 0.29) is 5.60 Å². The van der Waals surface area contributed by atoms with Gasteiger partial charge >= 0.3 is 0 Å². The van der Waals surface area contributed by atoms with Crippen molar-refractivity contribution in [2.75, 3.05) is 6.54 Å². The zero-order valence-electron chi connectivity index (χ0n) is 13.7. The lowest BCUT2D eigenvalue weighted by Crippen LogP contribution is -2.48. The Morgan fingerprint density at radius 1 is 1.19 bits per heavy atom. The topological polar surface area (TPSA) is 21.3 Å². The molecule has 1 N–H and O–H groups in total. The highest BCUT2D eigenvalue weighted by Gasteiger charge is 2.44. The van der Waals surface area contributed by atoms with Crippen molar-refractivity contribution in [2.45, 2.75) is 64.5 Å². The van der Waals surface area contributed by atoms with Gasteiger partial charge in [-0.25, -0.2) is 0 Å². The first-order valence-electron chi connectivity index (χ1n) is 8.65. The van der Waals surface area contributed by atoms with Crippen LogP contribution in [0.25, 0.3) is 0 Å². The number of nitrogens with one attached hydrogen (secondary N) is 1. The minimum absolute atomic E-state index is 0.0612. The Morgan fingerprint density at radius 3 is 2.76 bits per heavy atom. The fraction of sp³-hybridized carbons (Fsp3) is 0.684. The van der Waals surface area contributed by atoms with E-state index in [9.17, 15) is 0 Å². The van der Waals surface area contributed by atoms with Crippen molar-refractivity contribution in [2.24, 2.45) is 11.8 Å². The van der Waals surface area contributed by atoms with Gasteiger partial charge in [-0.3, -0.25) is 0 Å². The maximum Gasteiger partial charge on any atom is 0.124 e. The quantitative estimate of drug-likeness (QED) is 0.869. The van der Waals surface area contributed by atoms with Gasteiger partial charge in [-0.2, -0.15) is 0 Å². The Hall–Kier alpha value is -1.02. The number of benzene rings is 1. The lowest BCUT2D eigenvalue weighted by molar-refractivity contribution is -0.0323. The molecule has 21 heavy (non-hydrogen) atoms. The van der Waals surface area contributed by atoms with Crippen LogP contribution in [-0.4, -0.2) is 12.1 Å². The zero-order chi connectivity index (χ0) is 14.9. The molecule has 0 amide bonds. The van der Waals surface area contributed by atoms with Crippen molar-refractivity contribution in [3.05, 3.63) is 29.8 Å². The summed E-state index contributed by atoms with van der Waals surface area (Å²) in [5.41, 5.74) is 1.41. The van der Waals surface area contributed by atoms with Crippen LogP contribution < -0.4 is 10.1 Å². The van der Waals surface area contributed by atoms with Gasteiger partial charge in [0.25, 0.3) is 0 Å². The Bertz CT molecular complexity index is 486. The van der Waals surface area contributed by atoms with Crippen LogP contribution in [0.5, 0.6) is 5.75 Å². The van der Waals surface area contributed by atoms with E-state index in [1.807, 2.05) is 0 Å². The average molecular weight is 287 g/mol. The van der Waals surface area contributed by atoms with Crippen LogP contribution >= 0.6 is 0 Å². The summed E-state index contributed by atoms with van der Waals surface area (Å²) in [7, 11) is 0. The predicted molar refractivity (Wildman–Crippen MR) is 87.6 cm³/mol. The van der Waals surface area contributed by atoms with Gasteiger partial charge in [-0.1, -0.05) is 39.0 Å². The molecule has 4 unspecified atom stereocenters. The van der Waals surface area contributed by atoms with E-state index in [4.69, 9.17) is 4.74 Å². The van der Waals surface area contributed by atoms with Crippen molar-refractivity contribution in [3.63, 3.8) is 0 Å². The van der Waals surface area contributed by atoms with Crippen molar-refractivity contribution in [1.29, 1.82) is 0 Å². The highest BCUT2D eigenvalue weighted by atomic mass is 16.5. The van der Waals surface area contributed by atoms with E-state index in [2.05, 4.69) is 50.4 Å². The Labute approximate surface area is 129 Å². The summed E-state index contributed by atoms with van der Waals surface area (Å²) in [5.74, 6) is 2.70. The Balaban J connectivity index is 1.86. The summed E-state index contributed by atoms with van der Waals surface area (Å²) in [6.45, 7) is 8.10. The minimum atomic E-state index is 0.0612. The van der Waals surface area contributed by atoms with Gasteiger partial charge in [0, 0.05) is 18.0 Å². The second-order valence-corrected chi connectivity index (χ2v) is 7.23. The van der Waals surface area contributed by atoms with E-state index in [1.54, 1.807) is 0 Å². The molecule has 1 aromatic rings. The second-order valence-electron chi connectivity index (χ2n) is 7.23. The van der Waals surface area contributed by atoms with Gasteiger partial charge in [0.1, 0.15) is 11.4 Å². The SMILES string of the molecule is CCCNC1CC2(CCC(C)C(C)C2)Oc2ccccc21. The van der Waals surface area contributed by atoms with E-state index >= 15 is 0 Å². The fourth-order valence-electron chi connectivity index (χ4n) is 4.06. The third-order valence-corrected chi connectivity index (χ3v) is 5.56. The molecule has 3 rings (SSSR count). The molecule has 1 aromatic carbocycles. The normalized spacial score (nSPS) is 35.3.